The quantitative estimate of drug-likeness (QED) is 0.463. The van der Waals surface area contributed by atoms with E-state index in [0.717, 1.165) is 36.2 Å². The monoisotopic (exact) mass is 473 g/mol. The first kappa shape index (κ1) is 21.9. The first-order valence-corrected chi connectivity index (χ1v) is 12.1. The first-order chi connectivity index (χ1) is 16.8. The van der Waals surface area contributed by atoms with E-state index in [1.807, 2.05) is 28.9 Å². The molecule has 3 aromatic heterocycles. The molecule has 1 aliphatic heterocycles. The molecule has 0 unspecified atom stereocenters. The number of benzene rings is 1. The zero-order valence-electron chi connectivity index (χ0n) is 20.1. The van der Waals surface area contributed by atoms with Gasteiger partial charge in [0.2, 0.25) is 5.95 Å². The molecule has 9 heteroatoms. The highest BCUT2D eigenvalue weighted by atomic mass is 19.1. The van der Waals surface area contributed by atoms with Crippen molar-refractivity contribution in [2.24, 2.45) is 0 Å². The van der Waals surface area contributed by atoms with Gasteiger partial charge in [-0.15, -0.1) is 0 Å². The molecule has 0 saturated heterocycles. The van der Waals surface area contributed by atoms with E-state index in [0.29, 0.717) is 41.5 Å². The Bertz CT molecular complexity index is 1510. The third kappa shape index (κ3) is 3.89. The van der Waals surface area contributed by atoms with Crippen LogP contribution in [0.15, 0.2) is 41.3 Å². The molecule has 0 bridgehead atoms. The molecule has 1 aromatic carbocycles. The smallest absolute Gasteiger partial charge is 0.278 e. The average molecular weight is 474 g/mol. The van der Waals surface area contributed by atoms with E-state index >= 15 is 0 Å². The van der Waals surface area contributed by atoms with Gasteiger partial charge in [0.1, 0.15) is 11.2 Å². The molecule has 1 aliphatic carbocycles. The van der Waals surface area contributed by atoms with E-state index in [4.69, 9.17) is 9.97 Å². The Morgan fingerprint density at radius 3 is 2.77 bits per heavy atom. The van der Waals surface area contributed by atoms with E-state index in [2.05, 4.69) is 36.4 Å². The number of hydrogen-bond acceptors (Lipinski definition) is 6. The molecule has 0 amide bonds. The summed E-state index contributed by atoms with van der Waals surface area (Å²) in [7, 11) is 0. The van der Waals surface area contributed by atoms with Crippen LogP contribution in [-0.4, -0.2) is 30.9 Å². The Labute approximate surface area is 202 Å². The van der Waals surface area contributed by atoms with Gasteiger partial charge in [0.25, 0.3) is 5.56 Å². The summed E-state index contributed by atoms with van der Waals surface area (Å²) in [6, 6.07) is 9.38. The highest BCUT2D eigenvalue weighted by Gasteiger charge is 2.31. The second kappa shape index (κ2) is 7.98. The number of fused-ring (bicyclic) bond motifs is 2. The second-order valence-electron chi connectivity index (χ2n) is 10.4. The van der Waals surface area contributed by atoms with Crippen molar-refractivity contribution >= 4 is 22.7 Å². The third-order valence-corrected chi connectivity index (χ3v) is 6.65. The van der Waals surface area contributed by atoms with Crippen LogP contribution in [-0.2, 0) is 18.4 Å². The molecule has 0 atom stereocenters. The zero-order chi connectivity index (χ0) is 24.3. The van der Waals surface area contributed by atoms with Crippen LogP contribution in [0.3, 0.4) is 0 Å². The molecular weight excluding hydrogens is 445 g/mol. The van der Waals surface area contributed by atoms with E-state index in [1.165, 1.54) is 6.07 Å². The van der Waals surface area contributed by atoms with Gasteiger partial charge in [0, 0.05) is 29.5 Å². The standard InChI is InChI=1S/C26H28FN7O/c1-26(2,3)21-5-4-6-22(31-21)34-23-19(24(35)33(34)17-7-8-17)14-29-25(32-23)30-16-11-15-13-28-10-9-18(15)20(27)12-16/h4-6,11-12,14,17,28H,7-10,13H2,1-3H3,(H,29,30,32). The summed E-state index contributed by atoms with van der Waals surface area (Å²) in [4.78, 5) is 27.3. The van der Waals surface area contributed by atoms with Gasteiger partial charge in [-0.05, 0) is 61.2 Å². The summed E-state index contributed by atoms with van der Waals surface area (Å²) in [5.41, 5.74) is 3.41. The van der Waals surface area contributed by atoms with Crippen molar-refractivity contribution in [2.75, 3.05) is 11.9 Å². The summed E-state index contributed by atoms with van der Waals surface area (Å²) >= 11 is 0. The van der Waals surface area contributed by atoms with Gasteiger partial charge in [0.05, 0.1) is 6.04 Å². The molecule has 4 aromatic rings. The minimum atomic E-state index is -0.229. The molecule has 1 saturated carbocycles. The lowest BCUT2D eigenvalue weighted by Gasteiger charge is -2.19. The van der Waals surface area contributed by atoms with Gasteiger partial charge in [-0.3, -0.25) is 4.79 Å². The number of anilines is 2. The SMILES string of the molecule is CC(C)(C)c1cccc(-n2c3nc(Nc4cc(F)c5c(c4)CNCC5)ncc3c(=O)n2C2CC2)n1. The highest BCUT2D eigenvalue weighted by Crippen LogP contribution is 2.36. The average Bonchev–Trinajstić information content (AvgIpc) is 3.62. The van der Waals surface area contributed by atoms with Gasteiger partial charge in [-0.1, -0.05) is 26.8 Å². The molecule has 2 N–H and O–H groups in total. The van der Waals surface area contributed by atoms with Gasteiger partial charge in [0.15, 0.2) is 11.5 Å². The molecular formula is C26H28FN7O. The maximum atomic E-state index is 14.7. The summed E-state index contributed by atoms with van der Waals surface area (Å²) in [5, 5.41) is 6.85. The Kier molecular flexibility index (Phi) is 5.00. The van der Waals surface area contributed by atoms with Crippen molar-refractivity contribution in [3.05, 3.63) is 69.5 Å². The summed E-state index contributed by atoms with van der Waals surface area (Å²) in [5.74, 6) is 0.717. The van der Waals surface area contributed by atoms with Crippen LogP contribution in [0.2, 0.25) is 0 Å². The number of pyridine rings is 1. The molecule has 180 valence electrons. The van der Waals surface area contributed by atoms with Gasteiger partial charge >= 0.3 is 0 Å². The number of nitrogens with one attached hydrogen (secondary N) is 2. The van der Waals surface area contributed by atoms with E-state index < -0.39 is 0 Å². The minimum Gasteiger partial charge on any atom is -0.324 e. The van der Waals surface area contributed by atoms with Gasteiger partial charge < -0.3 is 10.6 Å². The van der Waals surface area contributed by atoms with Crippen molar-refractivity contribution in [3.8, 4) is 5.82 Å². The molecule has 2 aliphatic rings. The lowest BCUT2D eigenvalue weighted by Crippen LogP contribution is -2.24. The molecule has 0 spiro atoms. The number of halogens is 1. The molecule has 8 nitrogen and oxygen atoms in total. The number of hydrogen-bond donors (Lipinski definition) is 2. The van der Waals surface area contributed by atoms with Crippen LogP contribution in [0.5, 0.6) is 0 Å². The summed E-state index contributed by atoms with van der Waals surface area (Å²) in [6.45, 7) is 7.73. The largest absolute Gasteiger partial charge is 0.324 e. The first-order valence-electron chi connectivity index (χ1n) is 12.1. The Hall–Kier alpha value is -3.59. The zero-order valence-corrected chi connectivity index (χ0v) is 20.1. The molecule has 1 fully saturated rings. The maximum Gasteiger partial charge on any atom is 0.278 e. The number of rotatable bonds is 4. The predicted octanol–water partition coefficient (Wildman–Crippen LogP) is 4.14. The fraction of sp³-hybridized carbons (Fsp3) is 0.385. The molecule has 0 radical (unpaired) electrons. The lowest BCUT2D eigenvalue weighted by atomic mass is 9.92. The van der Waals surface area contributed by atoms with Crippen LogP contribution < -0.4 is 16.2 Å². The second-order valence-corrected chi connectivity index (χ2v) is 10.4. The van der Waals surface area contributed by atoms with Crippen molar-refractivity contribution in [1.29, 1.82) is 0 Å². The Morgan fingerprint density at radius 2 is 2.00 bits per heavy atom. The van der Waals surface area contributed by atoms with E-state index in [-0.39, 0.29) is 22.8 Å². The van der Waals surface area contributed by atoms with Crippen molar-refractivity contribution in [2.45, 2.75) is 58.0 Å². The van der Waals surface area contributed by atoms with Crippen molar-refractivity contribution in [1.82, 2.24) is 29.6 Å². The number of nitrogens with zero attached hydrogens (tertiary/aromatic N) is 5. The topological polar surface area (TPSA) is 89.7 Å². The lowest BCUT2D eigenvalue weighted by molar-refractivity contribution is 0.537. The highest BCUT2D eigenvalue weighted by molar-refractivity contribution is 5.77. The van der Waals surface area contributed by atoms with Crippen LogP contribution in [0.1, 0.15) is 56.5 Å². The van der Waals surface area contributed by atoms with Gasteiger partial charge in [-0.25, -0.2) is 23.7 Å². The normalized spacial score (nSPS) is 15.9. The molecule has 4 heterocycles. The van der Waals surface area contributed by atoms with Crippen molar-refractivity contribution in [3.63, 3.8) is 0 Å². The van der Waals surface area contributed by atoms with Crippen LogP contribution >= 0.6 is 0 Å². The van der Waals surface area contributed by atoms with E-state index in [1.54, 1.807) is 10.9 Å². The predicted molar refractivity (Wildman–Crippen MR) is 133 cm³/mol. The Morgan fingerprint density at radius 1 is 1.17 bits per heavy atom. The van der Waals surface area contributed by atoms with Crippen LogP contribution in [0.4, 0.5) is 16.0 Å². The Balaban J connectivity index is 1.47. The van der Waals surface area contributed by atoms with Crippen LogP contribution in [0.25, 0.3) is 16.9 Å². The fourth-order valence-electron chi connectivity index (χ4n) is 4.66. The molecule has 6 rings (SSSR count). The number of aromatic nitrogens is 5. The van der Waals surface area contributed by atoms with E-state index in [9.17, 15) is 9.18 Å². The van der Waals surface area contributed by atoms with Crippen LogP contribution in [0, 0.1) is 5.82 Å². The fourth-order valence-corrected chi connectivity index (χ4v) is 4.66. The molecule has 35 heavy (non-hydrogen) atoms. The summed E-state index contributed by atoms with van der Waals surface area (Å²) in [6.07, 6.45) is 4.10. The third-order valence-electron chi connectivity index (χ3n) is 6.65. The summed E-state index contributed by atoms with van der Waals surface area (Å²) < 4.78 is 18.3. The van der Waals surface area contributed by atoms with Crippen molar-refractivity contribution < 1.29 is 4.39 Å². The maximum absolute atomic E-state index is 14.7. The minimum absolute atomic E-state index is 0.121. The van der Waals surface area contributed by atoms with Gasteiger partial charge in [-0.2, -0.15) is 4.98 Å².